The van der Waals surface area contributed by atoms with Gasteiger partial charge in [0.25, 0.3) is 0 Å². The van der Waals surface area contributed by atoms with E-state index in [-0.39, 0.29) is 11.3 Å². The molecule has 0 radical (unpaired) electrons. The maximum absolute atomic E-state index is 12.3. The number of aryl methyl sites for hydroxylation is 1. The van der Waals surface area contributed by atoms with E-state index in [1.807, 2.05) is 6.92 Å². The van der Waals surface area contributed by atoms with Gasteiger partial charge in [-0.3, -0.25) is 4.79 Å². The number of para-hydroxylation sites is 1. The van der Waals surface area contributed by atoms with Crippen LogP contribution in [0.25, 0.3) is 6.08 Å². The van der Waals surface area contributed by atoms with Crippen LogP contribution in [-0.4, -0.2) is 17.3 Å². The number of ether oxygens (including phenoxy) is 1. The molecule has 0 saturated heterocycles. The van der Waals surface area contributed by atoms with Crippen LogP contribution < -0.4 is 10.1 Å². The number of nitrogens with one attached hydrogen (secondary N) is 1. The Morgan fingerprint density at radius 1 is 1.22 bits per heavy atom. The van der Waals surface area contributed by atoms with Crippen LogP contribution >= 0.6 is 0 Å². The molecule has 0 aliphatic carbocycles. The number of amides is 1. The molecule has 0 saturated carbocycles. The summed E-state index contributed by atoms with van der Waals surface area (Å²) in [6.07, 6.45) is -0.853. The third kappa shape index (κ3) is 5.46. The first-order chi connectivity index (χ1) is 10.8. The molecule has 1 amide bonds. The largest absolute Gasteiger partial charge is 0.573 e. The maximum Gasteiger partial charge on any atom is 0.573 e. The van der Waals surface area contributed by atoms with Crippen molar-refractivity contribution in [2.24, 2.45) is 0 Å². The highest BCUT2D eigenvalue weighted by molar-refractivity contribution is 6.01. The molecule has 120 valence electrons. The Balaban J connectivity index is 2.07. The van der Waals surface area contributed by atoms with Crippen molar-refractivity contribution in [3.8, 4) is 5.75 Å². The van der Waals surface area contributed by atoms with Gasteiger partial charge in [-0.2, -0.15) is 0 Å². The number of nitrogens with zero attached hydrogens (tertiary/aromatic N) is 1. The Morgan fingerprint density at radius 3 is 2.61 bits per heavy atom. The van der Waals surface area contributed by atoms with Gasteiger partial charge in [-0.1, -0.05) is 24.3 Å². The summed E-state index contributed by atoms with van der Waals surface area (Å²) < 4.78 is 40.8. The van der Waals surface area contributed by atoms with E-state index in [4.69, 9.17) is 0 Å². The average Bonchev–Trinajstić information content (AvgIpc) is 2.47. The summed E-state index contributed by atoms with van der Waals surface area (Å²) in [4.78, 5) is 15.8. The van der Waals surface area contributed by atoms with Crippen molar-refractivity contribution in [1.29, 1.82) is 0 Å². The van der Waals surface area contributed by atoms with Crippen LogP contribution in [0.3, 0.4) is 0 Å². The second-order valence-electron chi connectivity index (χ2n) is 4.63. The molecule has 0 unspecified atom stereocenters. The van der Waals surface area contributed by atoms with Gasteiger partial charge in [-0.05, 0) is 30.7 Å². The maximum atomic E-state index is 12.3. The molecule has 0 fully saturated rings. The molecule has 7 heteroatoms. The van der Waals surface area contributed by atoms with E-state index in [0.717, 1.165) is 11.6 Å². The number of anilines is 1. The van der Waals surface area contributed by atoms with Gasteiger partial charge in [0.15, 0.2) is 0 Å². The molecule has 2 aromatic rings. The molecule has 1 aromatic heterocycles. The molecule has 1 aromatic carbocycles. The molecular weight excluding hydrogens is 309 g/mol. The van der Waals surface area contributed by atoms with Crippen LogP contribution in [0, 0.1) is 6.92 Å². The lowest BCUT2D eigenvalue weighted by atomic mass is 10.2. The SMILES string of the molecule is Cc1ccc(NC(=O)/C=C/c2ccccc2OC(F)(F)F)nc1. The average molecular weight is 322 g/mol. The van der Waals surface area contributed by atoms with Crippen LogP contribution in [0.5, 0.6) is 5.75 Å². The first-order valence-electron chi connectivity index (χ1n) is 6.60. The minimum absolute atomic E-state index is 0.136. The second-order valence-corrected chi connectivity index (χ2v) is 4.63. The van der Waals surface area contributed by atoms with E-state index in [2.05, 4.69) is 15.0 Å². The van der Waals surface area contributed by atoms with Crippen molar-refractivity contribution in [1.82, 2.24) is 4.98 Å². The summed E-state index contributed by atoms with van der Waals surface area (Å²) >= 11 is 0. The minimum atomic E-state index is -4.79. The van der Waals surface area contributed by atoms with Gasteiger partial charge >= 0.3 is 6.36 Å². The van der Waals surface area contributed by atoms with Crippen LogP contribution in [0.2, 0.25) is 0 Å². The number of carbonyl (C=O) groups excluding carboxylic acids is 1. The Labute approximate surface area is 130 Å². The molecule has 2 rings (SSSR count). The zero-order valence-corrected chi connectivity index (χ0v) is 12.1. The summed E-state index contributed by atoms with van der Waals surface area (Å²) in [5.74, 6) is -0.536. The summed E-state index contributed by atoms with van der Waals surface area (Å²) in [6, 6.07) is 8.94. The molecule has 0 atom stereocenters. The molecule has 1 N–H and O–H groups in total. The van der Waals surface area contributed by atoms with Crippen molar-refractivity contribution in [2.75, 3.05) is 5.32 Å². The second kappa shape index (κ2) is 6.95. The van der Waals surface area contributed by atoms with Crippen molar-refractivity contribution in [3.05, 3.63) is 59.8 Å². The van der Waals surface area contributed by atoms with Crippen molar-refractivity contribution in [3.63, 3.8) is 0 Å². The zero-order chi connectivity index (χ0) is 16.9. The number of pyridine rings is 1. The predicted molar refractivity (Wildman–Crippen MR) is 79.8 cm³/mol. The van der Waals surface area contributed by atoms with Crippen molar-refractivity contribution in [2.45, 2.75) is 13.3 Å². The smallest absolute Gasteiger partial charge is 0.405 e. The van der Waals surface area contributed by atoms with E-state index in [1.54, 1.807) is 24.4 Å². The van der Waals surface area contributed by atoms with Crippen LogP contribution in [0.1, 0.15) is 11.1 Å². The summed E-state index contributed by atoms with van der Waals surface area (Å²) in [6.45, 7) is 1.86. The van der Waals surface area contributed by atoms with E-state index in [9.17, 15) is 18.0 Å². The van der Waals surface area contributed by atoms with Crippen molar-refractivity contribution < 1.29 is 22.7 Å². The fourth-order valence-electron chi connectivity index (χ4n) is 1.71. The number of carbonyl (C=O) groups is 1. The molecule has 0 aliphatic rings. The Bertz CT molecular complexity index is 710. The fourth-order valence-corrected chi connectivity index (χ4v) is 1.71. The summed E-state index contributed by atoms with van der Waals surface area (Å²) in [5, 5.41) is 2.51. The normalized spacial score (nSPS) is 11.5. The quantitative estimate of drug-likeness (QED) is 0.868. The minimum Gasteiger partial charge on any atom is -0.405 e. The number of hydrogen-bond donors (Lipinski definition) is 1. The lowest BCUT2D eigenvalue weighted by Gasteiger charge is -2.10. The monoisotopic (exact) mass is 322 g/mol. The third-order valence-electron chi connectivity index (χ3n) is 2.72. The molecule has 0 spiro atoms. The van der Waals surface area contributed by atoms with E-state index in [1.165, 1.54) is 24.3 Å². The van der Waals surface area contributed by atoms with Crippen LogP contribution in [-0.2, 0) is 4.79 Å². The van der Waals surface area contributed by atoms with Crippen LogP contribution in [0.15, 0.2) is 48.7 Å². The highest BCUT2D eigenvalue weighted by Crippen LogP contribution is 2.26. The lowest BCUT2D eigenvalue weighted by molar-refractivity contribution is -0.274. The topological polar surface area (TPSA) is 51.2 Å². The third-order valence-corrected chi connectivity index (χ3v) is 2.72. The number of halogens is 3. The van der Waals surface area contributed by atoms with Gasteiger partial charge in [0, 0.05) is 17.8 Å². The van der Waals surface area contributed by atoms with Gasteiger partial charge in [0.1, 0.15) is 11.6 Å². The number of benzene rings is 1. The molecule has 0 bridgehead atoms. The summed E-state index contributed by atoms with van der Waals surface area (Å²) in [5.41, 5.74) is 1.08. The Morgan fingerprint density at radius 2 is 1.96 bits per heavy atom. The highest BCUT2D eigenvalue weighted by atomic mass is 19.4. The standard InChI is InChI=1S/C16H13F3N2O2/c1-11-6-8-14(20-10-11)21-15(22)9-7-12-4-2-3-5-13(12)23-16(17,18)19/h2-10H,1H3,(H,20,21,22)/b9-7+. The van der Waals surface area contributed by atoms with Gasteiger partial charge in [0.2, 0.25) is 5.91 Å². The zero-order valence-electron chi connectivity index (χ0n) is 12.1. The molecule has 4 nitrogen and oxygen atoms in total. The van der Waals surface area contributed by atoms with Gasteiger partial charge in [-0.15, -0.1) is 13.2 Å². The van der Waals surface area contributed by atoms with Gasteiger partial charge < -0.3 is 10.1 Å². The molecular formula is C16H13F3N2O2. The number of alkyl halides is 3. The van der Waals surface area contributed by atoms with E-state index in [0.29, 0.717) is 5.82 Å². The number of rotatable bonds is 4. The predicted octanol–water partition coefficient (Wildman–Crippen LogP) is 3.94. The van der Waals surface area contributed by atoms with Crippen molar-refractivity contribution >= 4 is 17.8 Å². The first-order valence-corrected chi connectivity index (χ1v) is 6.60. The Kier molecular flexibility index (Phi) is 5.00. The first kappa shape index (κ1) is 16.5. The number of hydrogen-bond acceptors (Lipinski definition) is 3. The van der Waals surface area contributed by atoms with Crippen LogP contribution in [0.4, 0.5) is 19.0 Å². The highest BCUT2D eigenvalue weighted by Gasteiger charge is 2.31. The molecule has 23 heavy (non-hydrogen) atoms. The van der Waals surface area contributed by atoms with Gasteiger partial charge in [0.05, 0.1) is 0 Å². The lowest BCUT2D eigenvalue weighted by Crippen LogP contribution is -2.17. The molecule has 0 aliphatic heterocycles. The Hall–Kier alpha value is -2.83. The van der Waals surface area contributed by atoms with E-state index >= 15 is 0 Å². The van der Waals surface area contributed by atoms with Gasteiger partial charge in [-0.25, -0.2) is 4.98 Å². The number of aromatic nitrogens is 1. The fraction of sp³-hybridized carbons (Fsp3) is 0.125. The molecule has 1 heterocycles. The van der Waals surface area contributed by atoms with E-state index < -0.39 is 12.3 Å². The summed E-state index contributed by atoms with van der Waals surface area (Å²) in [7, 11) is 0.